The Balaban J connectivity index is 2.44. The minimum absolute atomic E-state index is 0.979. The van der Waals surface area contributed by atoms with E-state index < -0.39 is 0 Å². The van der Waals surface area contributed by atoms with Crippen LogP contribution in [0.4, 0.5) is 0 Å². The fourth-order valence-electron chi connectivity index (χ4n) is 2.56. The Morgan fingerprint density at radius 2 is 1.78 bits per heavy atom. The van der Waals surface area contributed by atoms with Crippen LogP contribution in [0.25, 0.3) is 27.3 Å². The zero-order valence-electron chi connectivity index (χ0n) is 9.54. The first-order valence-electron chi connectivity index (χ1n) is 5.81. The van der Waals surface area contributed by atoms with Crippen molar-refractivity contribution >= 4 is 40.0 Å². The van der Waals surface area contributed by atoms with Crippen LogP contribution >= 0.6 is 12.6 Å². The second-order valence-corrected chi connectivity index (χ2v) is 4.88. The van der Waals surface area contributed by atoms with E-state index in [9.17, 15) is 0 Å². The van der Waals surface area contributed by atoms with Gasteiger partial charge in [-0.3, -0.25) is 4.40 Å². The first kappa shape index (κ1) is 9.97. The molecule has 2 aromatic heterocycles. The fraction of sp³-hybridized carbons (Fsp3) is 0. The molecule has 0 radical (unpaired) electrons. The lowest BCUT2D eigenvalue weighted by atomic mass is 10.1. The van der Waals surface area contributed by atoms with Gasteiger partial charge in [0.1, 0.15) is 5.65 Å². The van der Waals surface area contributed by atoms with E-state index in [0.717, 1.165) is 10.5 Å². The van der Waals surface area contributed by atoms with Gasteiger partial charge < -0.3 is 0 Å². The molecule has 18 heavy (non-hydrogen) atoms. The molecular weight excluding hydrogens is 240 g/mol. The van der Waals surface area contributed by atoms with Crippen LogP contribution < -0.4 is 0 Å². The quantitative estimate of drug-likeness (QED) is 0.370. The number of benzene rings is 2. The number of nitrogens with zero attached hydrogens (tertiary/aromatic N) is 2. The molecule has 2 heterocycles. The SMILES string of the molecule is Sc1ccc2c(c1)c1ccccc1c1nccn21. The van der Waals surface area contributed by atoms with Crippen LogP contribution in [0.1, 0.15) is 0 Å². The highest BCUT2D eigenvalue weighted by atomic mass is 32.1. The predicted molar refractivity (Wildman–Crippen MR) is 77.5 cm³/mol. The summed E-state index contributed by atoms with van der Waals surface area (Å²) in [4.78, 5) is 5.44. The minimum Gasteiger partial charge on any atom is -0.299 e. The van der Waals surface area contributed by atoms with E-state index in [1.54, 1.807) is 0 Å². The molecule has 0 aliphatic rings. The van der Waals surface area contributed by atoms with Crippen molar-refractivity contribution in [3.05, 3.63) is 54.9 Å². The van der Waals surface area contributed by atoms with Gasteiger partial charge in [0.2, 0.25) is 0 Å². The molecule has 0 fully saturated rings. The third-order valence-corrected chi connectivity index (χ3v) is 3.62. The van der Waals surface area contributed by atoms with E-state index in [0.29, 0.717) is 0 Å². The third-order valence-electron chi connectivity index (χ3n) is 3.34. The van der Waals surface area contributed by atoms with Gasteiger partial charge in [0, 0.05) is 28.1 Å². The van der Waals surface area contributed by atoms with Gasteiger partial charge in [0.05, 0.1) is 5.52 Å². The van der Waals surface area contributed by atoms with Gasteiger partial charge in [0.15, 0.2) is 0 Å². The molecule has 0 saturated heterocycles. The van der Waals surface area contributed by atoms with E-state index in [-0.39, 0.29) is 0 Å². The smallest absolute Gasteiger partial charge is 0.145 e. The molecule has 86 valence electrons. The van der Waals surface area contributed by atoms with Crippen molar-refractivity contribution in [1.82, 2.24) is 9.38 Å². The standard InChI is InChI=1S/C15H10N2S/c18-10-5-6-14-13(9-10)11-3-1-2-4-12(11)15-16-7-8-17(14)15/h1-9,18H. The minimum atomic E-state index is 0.979. The summed E-state index contributed by atoms with van der Waals surface area (Å²) in [5.74, 6) is 0. The Bertz CT molecular complexity index is 893. The summed E-state index contributed by atoms with van der Waals surface area (Å²) in [7, 11) is 0. The summed E-state index contributed by atoms with van der Waals surface area (Å²) in [5, 5.41) is 3.61. The van der Waals surface area contributed by atoms with Crippen LogP contribution in [0.15, 0.2) is 59.8 Å². The highest BCUT2D eigenvalue weighted by Gasteiger charge is 2.08. The second kappa shape index (κ2) is 3.50. The number of pyridine rings is 1. The molecule has 2 aromatic carbocycles. The van der Waals surface area contributed by atoms with Crippen LogP contribution in [0.2, 0.25) is 0 Å². The first-order chi connectivity index (χ1) is 8.84. The van der Waals surface area contributed by atoms with Crippen molar-refractivity contribution < 1.29 is 0 Å². The van der Waals surface area contributed by atoms with E-state index in [4.69, 9.17) is 0 Å². The number of aromatic nitrogens is 2. The maximum Gasteiger partial charge on any atom is 0.145 e. The van der Waals surface area contributed by atoms with Gasteiger partial charge in [-0.05, 0) is 23.6 Å². The van der Waals surface area contributed by atoms with Gasteiger partial charge in [-0.15, -0.1) is 12.6 Å². The summed E-state index contributed by atoms with van der Waals surface area (Å²) in [6.07, 6.45) is 3.85. The normalized spacial score (nSPS) is 11.6. The Labute approximate surface area is 109 Å². The van der Waals surface area contributed by atoms with Crippen molar-refractivity contribution in [2.75, 3.05) is 0 Å². The maximum absolute atomic E-state index is 4.46. The van der Waals surface area contributed by atoms with Crippen molar-refractivity contribution in [1.29, 1.82) is 0 Å². The third kappa shape index (κ3) is 1.22. The van der Waals surface area contributed by atoms with Crippen molar-refractivity contribution in [3.8, 4) is 0 Å². The number of hydrogen-bond acceptors (Lipinski definition) is 2. The zero-order valence-corrected chi connectivity index (χ0v) is 10.4. The molecule has 4 aromatic rings. The molecule has 0 N–H and O–H groups in total. The van der Waals surface area contributed by atoms with Crippen LogP contribution in [0.3, 0.4) is 0 Å². The Morgan fingerprint density at radius 1 is 0.944 bits per heavy atom. The van der Waals surface area contributed by atoms with Crippen molar-refractivity contribution in [3.63, 3.8) is 0 Å². The van der Waals surface area contributed by atoms with Crippen LogP contribution in [-0.2, 0) is 0 Å². The molecule has 0 saturated carbocycles. The first-order valence-corrected chi connectivity index (χ1v) is 6.26. The van der Waals surface area contributed by atoms with E-state index in [1.165, 1.54) is 21.7 Å². The van der Waals surface area contributed by atoms with Gasteiger partial charge in [-0.1, -0.05) is 24.3 Å². The molecular formula is C15H10N2S. The summed E-state index contributed by atoms with van der Waals surface area (Å²) < 4.78 is 2.13. The van der Waals surface area contributed by atoms with Gasteiger partial charge in [-0.25, -0.2) is 4.98 Å². The molecule has 0 atom stereocenters. The lowest BCUT2D eigenvalue weighted by Crippen LogP contribution is -1.90. The molecule has 0 aliphatic heterocycles. The summed E-state index contributed by atoms with van der Waals surface area (Å²) in [5.41, 5.74) is 2.17. The van der Waals surface area contributed by atoms with Crippen LogP contribution in [-0.4, -0.2) is 9.38 Å². The van der Waals surface area contributed by atoms with Crippen LogP contribution in [0, 0.1) is 0 Å². The molecule has 0 unspecified atom stereocenters. The molecule has 0 spiro atoms. The highest BCUT2D eigenvalue weighted by Crippen LogP contribution is 2.29. The van der Waals surface area contributed by atoms with Gasteiger partial charge in [-0.2, -0.15) is 0 Å². The lowest BCUT2D eigenvalue weighted by Gasteiger charge is -2.08. The van der Waals surface area contributed by atoms with Crippen molar-refractivity contribution in [2.24, 2.45) is 0 Å². The van der Waals surface area contributed by atoms with Gasteiger partial charge >= 0.3 is 0 Å². The highest BCUT2D eigenvalue weighted by molar-refractivity contribution is 7.80. The molecule has 0 amide bonds. The van der Waals surface area contributed by atoms with E-state index in [2.05, 4.69) is 52.3 Å². The number of imidazole rings is 1. The number of rotatable bonds is 0. The summed E-state index contributed by atoms with van der Waals surface area (Å²) >= 11 is 4.44. The Kier molecular flexibility index (Phi) is 1.94. The van der Waals surface area contributed by atoms with E-state index in [1.807, 2.05) is 24.5 Å². The summed E-state index contributed by atoms with van der Waals surface area (Å²) in [6.45, 7) is 0. The molecule has 4 rings (SSSR count). The average molecular weight is 250 g/mol. The number of fused-ring (bicyclic) bond motifs is 6. The van der Waals surface area contributed by atoms with Crippen LogP contribution in [0.5, 0.6) is 0 Å². The maximum atomic E-state index is 4.46. The lowest BCUT2D eigenvalue weighted by molar-refractivity contribution is 1.27. The topological polar surface area (TPSA) is 17.3 Å². The average Bonchev–Trinajstić information content (AvgIpc) is 2.88. The largest absolute Gasteiger partial charge is 0.299 e. The molecule has 0 aliphatic carbocycles. The van der Waals surface area contributed by atoms with Crippen molar-refractivity contribution in [2.45, 2.75) is 4.90 Å². The van der Waals surface area contributed by atoms with Gasteiger partial charge in [0.25, 0.3) is 0 Å². The second-order valence-electron chi connectivity index (χ2n) is 4.37. The summed E-state index contributed by atoms with van der Waals surface area (Å²) in [6, 6.07) is 14.6. The fourth-order valence-corrected chi connectivity index (χ4v) is 2.76. The molecule has 0 bridgehead atoms. The molecule has 2 nitrogen and oxygen atoms in total. The molecule has 3 heteroatoms. The Hall–Kier alpha value is -2.00. The predicted octanol–water partition coefficient (Wildman–Crippen LogP) is 3.93. The monoisotopic (exact) mass is 250 g/mol. The number of thiol groups is 1. The Morgan fingerprint density at radius 3 is 2.67 bits per heavy atom. The van der Waals surface area contributed by atoms with E-state index >= 15 is 0 Å². The zero-order chi connectivity index (χ0) is 12.1. The number of hydrogen-bond donors (Lipinski definition) is 1.